The third kappa shape index (κ3) is 5.06. The van der Waals surface area contributed by atoms with E-state index in [2.05, 4.69) is 26.6 Å². The molecule has 0 fully saturated rings. The SMILES string of the molecule is CCCNC(=O)CNCc1ccc(OC)c(Br)c1. The molecule has 2 N–H and O–H groups in total. The highest BCUT2D eigenvalue weighted by Crippen LogP contribution is 2.25. The summed E-state index contributed by atoms with van der Waals surface area (Å²) in [7, 11) is 1.64. The molecule has 0 bridgehead atoms. The number of hydrogen-bond acceptors (Lipinski definition) is 3. The molecular weight excluding hydrogens is 296 g/mol. The number of nitrogens with one attached hydrogen (secondary N) is 2. The van der Waals surface area contributed by atoms with Crippen molar-refractivity contribution in [3.05, 3.63) is 28.2 Å². The van der Waals surface area contributed by atoms with E-state index in [4.69, 9.17) is 4.74 Å². The van der Waals surface area contributed by atoms with Gasteiger partial charge in [-0.2, -0.15) is 0 Å². The predicted octanol–water partition coefficient (Wildman–Crippen LogP) is 2.07. The fourth-order valence-electron chi connectivity index (χ4n) is 1.47. The van der Waals surface area contributed by atoms with Crippen LogP contribution >= 0.6 is 15.9 Å². The zero-order valence-electron chi connectivity index (χ0n) is 10.8. The summed E-state index contributed by atoms with van der Waals surface area (Å²) in [6, 6.07) is 5.86. The van der Waals surface area contributed by atoms with Gasteiger partial charge in [0.1, 0.15) is 5.75 Å². The number of rotatable bonds is 7. The van der Waals surface area contributed by atoms with Crippen LogP contribution in [-0.2, 0) is 11.3 Å². The van der Waals surface area contributed by atoms with Crippen LogP contribution in [0.2, 0.25) is 0 Å². The van der Waals surface area contributed by atoms with Gasteiger partial charge in [0.05, 0.1) is 18.1 Å². The van der Waals surface area contributed by atoms with Gasteiger partial charge in [-0.05, 0) is 40.0 Å². The van der Waals surface area contributed by atoms with E-state index in [-0.39, 0.29) is 5.91 Å². The first-order valence-corrected chi connectivity index (χ1v) is 6.76. The zero-order valence-corrected chi connectivity index (χ0v) is 12.3. The average Bonchev–Trinajstić information content (AvgIpc) is 2.36. The molecule has 0 heterocycles. The van der Waals surface area contributed by atoms with E-state index in [9.17, 15) is 4.79 Å². The molecule has 0 aliphatic heterocycles. The second-order valence-electron chi connectivity index (χ2n) is 3.92. The van der Waals surface area contributed by atoms with Crippen LogP contribution in [0, 0.1) is 0 Å². The van der Waals surface area contributed by atoms with Crippen molar-refractivity contribution < 1.29 is 9.53 Å². The lowest BCUT2D eigenvalue weighted by atomic mass is 10.2. The van der Waals surface area contributed by atoms with Crippen LogP contribution in [0.1, 0.15) is 18.9 Å². The van der Waals surface area contributed by atoms with E-state index in [1.54, 1.807) is 7.11 Å². The van der Waals surface area contributed by atoms with Gasteiger partial charge in [-0.15, -0.1) is 0 Å². The van der Waals surface area contributed by atoms with Gasteiger partial charge >= 0.3 is 0 Å². The summed E-state index contributed by atoms with van der Waals surface area (Å²) < 4.78 is 6.07. The molecule has 0 aromatic heterocycles. The third-order valence-corrected chi connectivity index (χ3v) is 3.02. The Kier molecular flexibility index (Phi) is 6.75. The van der Waals surface area contributed by atoms with Gasteiger partial charge in [-0.25, -0.2) is 0 Å². The monoisotopic (exact) mass is 314 g/mol. The molecule has 0 saturated heterocycles. The molecule has 0 unspecified atom stereocenters. The number of amides is 1. The van der Waals surface area contributed by atoms with Crippen molar-refractivity contribution >= 4 is 21.8 Å². The van der Waals surface area contributed by atoms with E-state index in [1.807, 2.05) is 25.1 Å². The largest absolute Gasteiger partial charge is 0.496 e. The van der Waals surface area contributed by atoms with Crippen LogP contribution in [0.3, 0.4) is 0 Å². The Labute approximate surface area is 116 Å². The van der Waals surface area contributed by atoms with Crippen LogP contribution < -0.4 is 15.4 Å². The maximum atomic E-state index is 11.4. The standard InChI is InChI=1S/C13H19BrN2O2/c1-3-6-16-13(17)9-15-8-10-4-5-12(18-2)11(14)7-10/h4-5,7,15H,3,6,8-9H2,1-2H3,(H,16,17). The van der Waals surface area contributed by atoms with E-state index in [1.165, 1.54) is 0 Å². The molecular formula is C13H19BrN2O2. The lowest BCUT2D eigenvalue weighted by Gasteiger charge is -2.08. The number of methoxy groups -OCH3 is 1. The topological polar surface area (TPSA) is 50.4 Å². The van der Waals surface area contributed by atoms with E-state index in [0.29, 0.717) is 13.1 Å². The van der Waals surface area contributed by atoms with Crippen LogP contribution in [0.25, 0.3) is 0 Å². The van der Waals surface area contributed by atoms with Crippen molar-refractivity contribution in [2.75, 3.05) is 20.2 Å². The number of hydrogen-bond donors (Lipinski definition) is 2. The number of carbonyl (C=O) groups excluding carboxylic acids is 1. The Bertz CT molecular complexity index is 397. The highest BCUT2D eigenvalue weighted by atomic mass is 79.9. The number of halogens is 1. The van der Waals surface area contributed by atoms with Crippen molar-refractivity contribution in [3.8, 4) is 5.75 Å². The fraction of sp³-hybridized carbons (Fsp3) is 0.462. The Morgan fingerprint density at radius 2 is 2.22 bits per heavy atom. The summed E-state index contributed by atoms with van der Waals surface area (Å²) >= 11 is 3.43. The second-order valence-corrected chi connectivity index (χ2v) is 4.78. The maximum absolute atomic E-state index is 11.4. The molecule has 0 radical (unpaired) electrons. The first-order chi connectivity index (χ1) is 8.67. The van der Waals surface area contributed by atoms with Gasteiger partial charge < -0.3 is 15.4 Å². The molecule has 0 aliphatic carbocycles. The van der Waals surface area contributed by atoms with E-state index >= 15 is 0 Å². The molecule has 1 rings (SSSR count). The van der Waals surface area contributed by atoms with Gasteiger partial charge in [0, 0.05) is 13.1 Å². The summed E-state index contributed by atoms with van der Waals surface area (Å²) in [5.74, 6) is 0.837. The normalized spacial score (nSPS) is 10.2. The van der Waals surface area contributed by atoms with Crippen molar-refractivity contribution in [2.45, 2.75) is 19.9 Å². The molecule has 0 spiro atoms. The van der Waals surface area contributed by atoms with Gasteiger partial charge in [0.2, 0.25) is 5.91 Å². The molecule has 1 aromatic rings. The van der Waals surface area contributed by atoms with Crippen LogP contribution in [-0.4, -0.2) is 26.1 Å². The molecule has 4 nitrogen and oxygen atoms in total. The molecule has 0 saturated carbocycles. The van der Waals surface area contributed by atoms with Crippen molar-refractivity contribution in [1.82, 2.24) is 10.6 Å². The van der Waals surface area contributed by atoms with Gasteiger partial charge in [0.15, 0.2) is 0 Å². The van der Waals surface area contributed by atoms with Crippen LogP contribution in [0.4, 0.5) is 0 Å². The zero-order chi connectivity index (χ0) is 13.4. The van der Waals surface area contributed by atoms with E-state index < -0.39 is 0 Å². The first-order valence-electron chi connectivity index (χ1n) is 5.97. The number of ether oxygens (including phenoxy) is 1. The molecule has 1 amide bonds. The number of benzene rings is 1. The summed E-state index contributed by atoms with van der Waals surface area (Å²) in [4.78, 5) is 11.4. The van der Waals surface area contributed by atoms with Crippen molar-refractivity contribution in [2.24, 2.45) is 0 Å². The molecule has 1 aromatic carbocycles. The summed E-state index contributed by atoms with van der Waals surface area (Å²) in [6.45, 7) is 3.75. The van der Waals surface area contributed by atoms with Crippen LogP contribution in [0.5, 0.6) is 5.75 Å². The minimum Gasteiger partial charge on any atom is -0.496 e. The lowest BCUT2D eigenvalue weighted by molar-refractivity contribution is -0.120. The number of carbonyl (C=O) groups is 1. The Hall–Kier alpha value is -1.07. The molecule has 18 heavy (non-hydrogen) atoms. The van der Waals surface area contributed by atoms with Crippen molar-refractivity contribution in [3.63, 3.8) is 0 Å². The molecule has 0 atom stereocenters. The average molecular weight is 315 g/mol. The van der Waals surface area contributed by atoms with Gasteiger partial charge in [0.25, 0.3) is 0 Å². The Morgan fingerprint density at radius 1 is 1.44 bits per heavy atom. The molecule has 100 valence electrons. The fourth-order valence-corrected chi connectivity index (χ4v) is 2.06. The summed E-state index contributed by atoms with van der Waals surface area (Å²) in [5, 5.41) is 5.92. The predicted molar refractivity (Wildman–Crippen MR) is 75.7 cm³/mol. The Morgan fingerprint density at radius 3 is 2.83 bits per heavy atom. The molecule has 0 aliphatic rings. The second kappa shape index (κ2) is 8.11. The molecule has 5 heteroatoms. The summed E-state index contributed by atoms with van der Waals surface area (Å²) in [6.07, 6.45) is 0.956. The minimum absolute atomic E-state index is 0.0319. The Balaban J connectivity index is 2.35. The third-order valence-electron chi connectivity index (χ3n) is 2.40. The van der Waals surface area contributed by atoms with Gasteiger partial charge in [-0.3, -0.25) is 4.79 Å². The van der Waals surface area contributed by atoms with Crippen LogP contribution in [0.15, 0.2) is 22.7 Å². The van der Waals surface area contributed by atoms with Gasteiger partial charge in [-0.1, -0.05) is 13.0 Å². The quantitative estimate of drug-likeness (QED) is 0.810. The van der Waals surface area contributed by atoms with E-state index in [0.717, 1.165) is 28.8 Å². The highest BCUT2D eigenvalue weighted by molar-refractivity contribution is 9.10. The first kappa shape index (κ1) is 15.0. The smallest absolute Gasteiger partial charge is 0.233 e. The highest BCUT2D eigenvalue weighted by Gasteiger charge is 2.02. The minimum atomic E-state index is 0.0319. The lowest BCUT2D eigenvalue weighted by Crippen LogP contribution is -2.33. The maximum Gasteiger partial charge on any atom is 0.233 e. The summed E-state index contributed by atoms with van der Waals surface area (Å²) in [5.41, 5.74) is 1.10. The van der Waals surface area contributed by atoms with Crippen molar-refractivity contribution in [1.29, 1.82) is 0 Å².